The van der Waals surface area contributed by atoms with Gasteiger partial charge in [-0.15, -0.1) is 0 Å². The molecule has 0 atom stereocenters. The number of hydrogen-bond acceptors (Lipinski definition) is 5. The highest BCUT2D eigenvalue weighted by molar-refractivity contribution is 6.05. The summed E-state index contributed by atoms with van der Waals surface area (Å²) in [5.41, 5.74) is 1.71. The van der Waals surface area contributed by atoms with Gasteiger partial charge in [0.2, 0.25) is 5.91 Å². The lowest BCUT2D eigenvalue weighted by Gasteiger charge is -2.20. The van der Waals surface area contributed by atoms with Crippen LogP contribution < -0.4 is 24.4 Å². The molecule has 7 heteroatoms. The van der Waals surface area contributed by atoms with E-state index >= 15 is 0 Å². The predicted octanol–water partition coefficient (Wildman–Crippen LogP) is 4.65. The van der Waals surface area contributed by atoms with Gasteiger partial charge in [-0.2, -0.15) is 0 Å². The number of carbonyl (C=O) groups is 2. The Hall–Kier alpha value is -3.22. The Morgan fingerprint density at radius 2 is 1.71 bits per heavy atom. The molecule has 0 saturated carbocycles. The summed E-state index contributed by atoms with van der Waals surface area (Å²) in [4.78, 5) is 26.8. The number of methoxy groups -OCH3 is 1. The molecule has 0 radical (unpaired) electrons. The minimum absolute atomic E-state index is 0.0576. The zero-order valence-corrected chi connectivity index (χ0v) is 18.4. The molecule has 1 fully saturated rings. The van der Waals surface area contributed by atoms with Crippen molar-refractivity contribution >= 4 is 23.2 Å². The third kappa shape index (κ3) is 5.48. The maximum Gasteiger partial charge on any atom is 0.255 e. The van der Waals surface area contributed by atoms with Crippen LogP contribution in [0.25, 0.3) is 0 Å². The molecule has 2 aromatic rings. The Balaban J connectivity index is 1.81. The average Bonchev–Trinajstić information content (AvgIpc) is 3.22. The SMILES string of the molecule is CCCOc1ccc(C(=O)Nc2ccc(OC)c(N3CCCC3=O)c2)cc1OCCC. The summed E-state index contributed by atoms with van der Waals surface area (Å²) in [6.45, 7) is 5.82. The highest BCUT2D eigenvalue weighted by Crippen LogP contribution is 2.34. The molecule has 1 aliphatic heterocycles. The van der Waals surface area contributed by atoms with Gasteiger partial charge in [-0.25, -0.2) is 0 Å². The highest BCUT2D eigenvalue weighted by Gasteiger charge is 2.25. The molecule has 0 aliphatic carbocycles. The summed E-state index contributed by atoms with van der Waals surface area (Å²) in [7, 11) is 1.57. The van der Waals surface area contributed by atoms with E-state index < -0.39 is 0 Å². The third-order valence-corrected chi connectivity index (χ3v) is 4.93. The standard InChI is InChI=1S/C24H30N2O5/c1-4-13-30-21-10-8-17(15-22(21)31-14-5-2)24(28)25-18-9-11-20(29-3)19(16-18)26-12-6-7-23(26)27/h8-11,15-16H,4-7,12-14H2,1-3H3,(H,25,28). The number of amides is 2. The molecular weight excluding hydrogens is 396 g/mol. The average molecular weight is 427 g/mol. The number of ether oxygens (including phenoxy) is 3. The number of benzene rings is 2. The molecule has 1 N–H and O–H groups in total. The van der Waals surface area contributed by atoms with Crippen molar-refractivity contribution in [3.05, 3.63) is 42.0 Å². The van der Waals surface area contributed by atoms with Gasteiger partial charge >= 0.3 is 0 Å². The molecule has 0 bridgehead atoms. The largest absolute Gasteiger partial charge is 0.495 e. The van der Waals surface area contributed by atoms with E-state index in [0.29, 0.717) is 60.4 Å². The van der Waals surface area contributed by atoms with Crippen molar-refractivity contribution in [1.29, 1.82) is 0 Å². The molecule has 2 amide bonds. The summed E-state index contributed by atoms with van der Waals surface area (Å²) in [5, 5.41) is 2.91. The van der Waals surface area contributed by atoms with Crippen molar-refractivity contribution in [2.45, 2.75) is 39.5 Å². The highest BCUT2D eigenvalue weighted by atomic mass is 16.5. The first-order valence-corrected chi connectivity index (χ1v) is 10.8. The summed E-state index contributed by atoms with van der Waals surface area (Å²) in [6.07, 6.45) is 3.07. The van der Waals surface area contributed by atoms with Crippen LogP contribution in [0.1, 0.15) is 49.9 Å². The Morgan fingerprint density at radius 1 is 1.00 bits per heavy atom. The first-order chi connectivity index (χ1) is 15.1. The monoisotopic (exact) mass is 426 g/mol. The zero-order chi connectivity index (χ0) is 22.2. The van der Waals surface area contributed by atoms with Gasteiger partial charge in [0.05, 0.1) is 26.0 Å². The van der Waals surface area contributed by atoms with Crippen LogP contribution in [0.5, 0.6) is 17.2 Å². The van der Waals surface area contributed by atoms with Crippen LogP contribution in [0, 0.1) is 0 Å². The van der Waals surface area contributed by atoms with E-state index in [9.17, 15) is 9.59 Å². The van der Waals surface area contributed by atoms with Crippen molar-refractivity contribution in [3.63, 3.8) is 0 Å². The minimum Gasteiger partial charge on any atom is -0.495 e. The fourth-order valence-corrected chi connectivity index (χ4v) is 3.39. The normalized spacial score (nSPS) is 13.3. The van der Waals surface area contributed by atoms with Crippen molar-refractivity contribution in [1.82, 2.24) is 0 Å². The quantitative estimate of drug-likeness (QED) is 0.598. The van der Waals surface area contributed by atoms with E-state index in [-0.39, 0.29) is 11.8 Å². The fourth-order valence-electron chi connectivity index (χ4n) is 3.39. The van der Waals surface area contributed by atoms with E-state index in [2.05, 4.69) is 5.32 Å². The second kappa shape index (κ2) is 10.7. The lowest BCUT2D eigenvalue weighted by Crippen LogP contribution is -2.24. The van der Waals surface area contributed by atoms with Crippen LogP contribution in [0.2, 0.25) is 0 Å². The van der Waals surface area contributed by atoms with Gasteiger partial charge in [0.15, 0.2) is 11.5 Å². The number of nitrogens with zero attached hydrogens (tertiary/aromatic N) is 1. The van der Waals surface area contributed by atoms with Gasteiger partial charge in [0.1, 0.15) is 5.75 Å². The molecule has 1 heterocycles. The van der Waals surface area contributed by atoms with Gasteiger partial charge in [-0.1, -0.05) is 13.8 Å². The Bertz CT molecular complexity index is 928. The third-order valence-electron chi connectivity index (χ3n) is 4.93. The summed E-state index contributed by atoms with van der Waals surface area (Å²) in [5.74, 6) is 1.57. The maximum absolute atomic E-state index is 12.9. The Kier molecular flexibility index (Phi) is 7.76. The molecular formula is C24H30N2O5. The predicted molar refractivity (Wildman–Crippen MR) is 121 cm³/mol. The second-order valence-corrected chi connectivity index (χ2v) is 7.35. The van der Waals surface area contributed by atoms with Gasteiger partial charge in [-0.3, -0.25) is 9.59 Å². The topological polar surface area (TPSA) is 77.1 Å². The number of nitrogens with one attached hydrogen (secondary N) is 1. The first kappa shape index (κ1) is 22.5. The van der Waals surface area contributed by atoms with Crippen LogP contribution in [0.4, 0.5) is 11.4 Å². The van der Waals surface area contributed by atoms with Crippen LogP contribution in [-0.4, -0.2) is 38.7 Å². The fraction of sp³-hybridized carbons (Fsp3) is 0.417. The number of hydrogen-bond donors (Lipinski definition) is 1. The van der Waals surface area contributed by atoms with Crippen molar-refractivity contribution in [3.8, 4) is 17.2 Å². The van der Waals surface area contributed by atoms with Gasteiger partial charge in [0, 0.05) is 24.2 Å². The van der Waals surface area contributed by atoms with E-state index in [4.69, 9.17) is 14.2 Å². The molecule has 1 saturated heterocycles. The molecule has 0 spiro atoms. The van der Waals surface area contributed by atoms with Crippen molar-refractivity contribution in [2.75, 3.05) is 37.1 Å². The van der Waals surface area contributed by atoms with Crippen LogP contribution in [-0.2, 0) is 4.79 Å². The van der Waals surface area contributed by atoms with E-state index in [1.165, 1.54) is 0 Å². The van der Waals surface area contributed by atoms with Gasteiger partial charge in [0.25, 0.3) is 5.91 Å². The summed E-state index contributed by atoms with van der Waals surface area (Å²) in [6, 6.07) is 10.5. The lowest BCUT2D eigenvalue weighted by atomic mass is 10.1. The van der Waals surface area contributed by atoms with Gasteiger partial charge in [-0.05, 0) is 55.7 Å². The molecule has 3 rings (SSSR count). The molecule has 0 unspecified atom stereocenters. The van der Waals surface area contributed by atoms with Crippen LogP contribution >= 0.6 is 0 Å². The smallest absolute Gasteiger partial charge is 0.255 e. The van der Waals surface area contributed by atoms with Crippen molar-refractivity contribution in [2.24, 2.45) is 0 Å². The molecule has 31 heavy (non-hydrogen) atoms. The second-order valence-electron chi connectivity index (χ2n) is 7.35. The zero-order valence-electron chi connectivity index (χ0n) is 18.4. The summed E-state index contributed by atoms with van der Waals surface area (Å²) < 4.78 is 16.9. The lowest BCUT2D eigenvalue weighted by molar-refractivity contribution is -0.117. The molecule has 1 aliphatic rings. The molecule has 7 nitrogen and oxygen atoms in total. The molecule has 166 valence electrons. The Labute approximate surface area is 183 Å². The maximum atomic E-state index is 12.9. The molecule has 2 aromatic carbocycles. The van der Waals surface area contributed by atoms with E-state index in [1.54, 1.807) is 48.4 Å². The number of carbonyl (C=O) groups excluding carboxylic acids is 2. The molecule has 0 aromatic heterocycles. The first-order valence-electron chi connectivity index (χ1n) is 10.8. The van der Waals surface area contributed by atoms with Crippen LogP contribution in [0.15, 0.2) is 36.4 Å². The van der Waals surface area contributed by atoms with E-state index in [1.807, 2.05) is 13.8 Å². The van der Waals surface area contributed by atoms with Crippen LogP contribution in [0.3, 0.4) is 0 Å². The van der Waals surface area contributed by atoms with Crippen molar-refractivity contribution < 1.29 is 23.8 Å². The number of rotatable bonds is 10. The number of anilines is 2. The minimum atomic E-state index is -0.271. The summed E-state index contributed by atoms with van der Waals surface area (Å²) >= 11 is 0. The Morgan fingerprint density at radius 3 is 2.35 bits per heavy atom. The van der Waals surface area contributed by atoms with Gasteiger partial charge < -0.3 is 24.4 Å². The van der Waals surface area contributed by atoms with E-state index in [0.717, 1.165) is 19.3 Å².